The second kappa shape index (κ2) is 4.65. The summed E-state index contributed by atoms with van der Waals surface area (Å²) in [5.41, 5.74) is 3.68. The third-order valence-corrected chi connectivity index (χ3v) is 3.26. The summed E-state index contributed by atoms with van der Waals surface area (Å²) in [5.74, 6) is 0.784. The van der Waals surface area contributed by atoms with E-state index >= 15 is 0 Å². The first-order valence-corrected chi connectivity index (χ1v) is 6.12. The van der Waals surface area contributed by atoms with Gasteiger partial charge in [-0.1, -0.05) is 30.3 Å². The number of carbonyl (C=O) groups is 1. The highest BCUT2D eigenvalue weighted by Gasteiger charge is 2.10. The molecule has 3 aromatic rings. The van der Waals surface area contributed by atoms with E-state index < -0.39 is 0 Å². The van der Waals surface area contributed by atoms with Crippen LogP contribution in [0.3, 0.4) is 0 Å². The number of aryl methyl sites for hydroxylation is 1. The van der Waals surface area contributed by atoms with Crippen molar-refractivity contribution in [3.63, 3.8) is 0 Å². The number of nitrogens with zero attached hydrogens (tertiary/aromatic N) is 3. The fourth-order valence-electron chi connectivity index (χ4n) is 2.21. The molecule has 4 nitrogen and oxygen atoms in total. The molecule has 0 aliphatic carbocycles. The Labute approximate surface area is 110 Å². The fraction of sp³-hybridized carbons (Fsp3) is 0.133. The van der Waals surface area contributed by atoms with Crippen LogP contribution in [0, 0.1) is 6.92 Å². The molecule has 0 aliphatic heterocycles. The molecule has 0 atom stereocenters. The average molecular weight is 251 g/mol. The van der Waals surface area contributed by atoms with Gasteiger partial charge in [-0.25, -0.2) is 0 Å². The maximum atomic E-state index is 11.1. The van der Waals surface area contributed by atoms with E-state index in [2.05, 4.69) is 29.3 Å². The van der Waals surface area contributed by atoms with Gasteiger partial charge in [0.05, 0.1) is 5.69 Å². The minimum atomic E-state index is 0.575. The second-order valence-corrected chi connectivity index (χ2v) is 4.48. The molecule has 0 radical (unpaired) electrons. The Morgan fingerprint density at radius 1 is 1.11 bits per heavy atom. The second-order valence-electron chi connectivity index (χ2n) is 4.48. The van der Waals surface area contributed by atoms with Crippen LogP contribution in [-0.2, 0) is 6.42 Å². The first kappa shape index (κ1) is 11.6. The normalized spacial score (nSPS) is 10.8. The van der Waals surface area contributed by atoms with Crippen LogP contribution in [0.25, 0.3) is 5.65 Å². The van der Waals surface area contributed by atoms with Crippen LogP contribution in [0.1, 0.15) is 27.4 Å². The molecule has 0 fully saturated rings. The number of carbonyl (C=O) groups excluding carboxylic acids is 1. The SMILES string of the molecule is Cc1ccccc1Cc1nnc2cccc(C=O)n12. The molecule has 0 saturated heterocycles. The van der Waals surface area contributed by atoms with Crippen molar-refractivity contribution in [2.75, 3.05) is 0 Å². The van der Waals surface area contributed by atoms with E-state index in [1.807, 2.05) is 24.3 Å². The Balaban J connectivity index is 2.11. The highest BCUT2D eigenvalue weighted by molar-refractivity contribution is 5.74. The molecule has 0 N–H and O–H groups in total. The Hall–Kier alpha value is -2.49. The van der Waals surface area contributed by atoms with Crippen molar-refractivity contribution in [1.82, 2.24) is 14.6 Å². The van der Waals surface area contributed by atoms with Crippen molar-refractivity contribution in [2.24, 2.45) is 0 Å². The molecular weight excluding hydrogens is 238 g/mol. The zero-order valence-electron chi connectivity index (χ0n) is 10.6. The maximum absolute atomic E-state index is 11.1. The van der Waals surface area contributed by atoms with Crippen molar-refractivity contribution in [3.05, 3.63) is 65.1 Å². The van der Waals surface area contributed by atoms with Crippen LogP contribution >= 0.6 is 0 Å². The lowest BCUT2D eigenvalue weighted by Gasteiger charge is -2.05. The predicted molar refractivity (Wildman–Crippen MR) is 72.4 cm³/mol. The van der Waals surface area contributed by atoms with E-state index in [4.69, 9.17) is 0 Å². The Morgan fingerprint density at radius 2 is 1.95 bits per heavy atom. The van der Waals surface area contributed by atoms with Crippen molar-refractivity contribution in [1.29, 1.82) is 0 Å². The molecule has 2 aromatic heterocycles. The molecule has 0 unspecified atom stereocenters. The zero-order valence-corrected chi connectivity index (χ0v) is 10.6. The predicted octanol–water partition coefficient (Wildman–Crippen LogP) is 2.44. The summed E-state index contributed by atoms with van der Waals surface area (Å²) < 4.78 is 1.80. The van der Waals surface area contributed by atoms with E-state index in [0.717, 1.165) is 12.1 Å². The third-order valence-electron chi connectivity index (χ3n) is 3.26. The van der Waals surface area contributed by atoms with E-state index in [-0.39, 0.29) is 0 Å². The van der Waals surface area contributed by atoms with Gasteiger partial charge in [0.15, 0.2) is 11.9 Å². The summed E-state index contributed by atoms with van der Waals surface area (Å²) in [7, 11) is 0. The van der Waals surface area contributed by atoms with Crippen LogP contribution < -0.4 is 0 Å². The van der Waals surface area contributed by atoms with Crippen molar-refractivity contribution >= 4 is 11.9 Å². The van der Waals surface area contributed by atoms with Gasteiger partial charge in [-0.2, -0.15) is 0 Å². The molecule has 1 aromatic carbocycles. The number of aromatic nitrogens is 3. The van der Waals surface area contributed by atoms with Gasteiger partial charge in [-0.3, -0.25) is 9.20 Å². The molecule has 0 saturated carbocycles. The quantitative estimate of drug-likeness (QED) is 0.672. The number of rotatable bonds is 3. The Kier molecular flexibility index (Phi) is 2.83. The number of hydrogen-bond donors (Lipinski definition) is 0. The monoisotopic (exact) mass is 251 g/mol. The van der Waals surface area contributed by atoms with E-state index in [1.54, 1.807) is 10.5 Å². The molecule has 2 heterocycles. The standard InChI is InChI=1S/C15H13N3O/c1-11-5-2-3-6-12(11)9-15-17-16-14-8-4-7-13(10-19)18(14)15/h2-8,10H,9H2,1H3. The summed E-state index contributed by atoms with van der Waals surface area (Å²) in [4.78, 5) is 11.1. The molecule has 0 bridgehead atoms. The van der Waals surface area contributed by atoms with Crippen molar-refractivity contribution < 1.29 is 4.79 Å². The smallest absolute Gasteiger partial charge is 0.166 e. The van der Waals surface area contributed by atoms with Gasteiger partial charge in [0, 0.05) is 6.42 Å². The first-order valence-electron chi connectivity index (χ1n) is 6.12. The van der Waals surface area contributed by atoms with Crippen LogP contribution in [0.5, 0.6) is 0 Å². The topological polar surface area (TPSA) is 47.3 Å². The molecule has 3 rings (SSSR count). The maximum Gasteiger partial charge on any atom is 0.166 e. The van der Waals surface area contributed by atoms with Gasteiger partial charge in [0.1, 0.15) is 5.82 Å². The van der Waals surface area contributed by atoms with Crippen LogP contribution in [-0.4, -0.2) is 20.9 Å². The van der Waals surface area contributed by atoms with Gasteiger partial charge >= 0.3 is 0 Å². The van der Waals surface area contributed by atoms with Crippen LogP contribution in [0.2, 0.25) is 0 Å². The number of hydrogen-bond acceptors (Lipinski definition) is 3. The molecule has 94 valence electrons. The summed E-state index contributed by atoms with van der Waals surface area (Å²) in [5, 5.41) is 8.30. The highest BCUT2D eigenvalue weighted by Crippen LogP contribution is 2.14. The van der Waals surface area contributed by atoms with E-state index in [1.165, 1.54) is 11.1 Å². The van der Waals surface area contributed by atoms with Crippen LogP contribution in [0.15, 0.2) is 42.5 Å². The lowest BCUT2D eigenvalue weighted by Crippen LogP contribution is -2.02. The lowest BCUT2D eigenvalue weighted by atomic mass is 10.1. The summed E-state index contributed by atoms with van der Waals surface area (Å²) in [6.07, 6.45) is 1.50. The number of benzene rings is 1. The van der Waals surface area contributed by atoms with Crippen LogP contribution in [0.4, 0.5) is 0 Å². The van der Waals surface area contributed by atoms with E-state index in [9.17, 15) is 4.79 Å². The van der Waals surface area contributed by atoms with Gasteiger partial charge < -0.3 is 0 Å². The Morgan fingerprint density at radius 3 is 2.74 bits per heavy atom. The van der Waals surface area contributed by atoms with Crippen molar-refractivity contribution in [3.8, 4) is 0 Å². The fourth-order valence-corrected chi connectivity index (χ4v) is 2.21. The third kappa shape index (κ3) is 2.01. The largest absolute Gasteiger partial charge is 0.296 e. The number of fused-ring (bicyclic) bond motifs is 1. The molecule has 4 heteroatoms. The highest BCUT2D eigenvalue weighted by atomic mass is 16.1. The van der Waals surface area contributed by atoms with Gasteiger partial charge in [0.25, 0.3) is 0 Å². The molecule has 19 heavy (non-hydrogen) atoms. The number of pyridine rings is 1. The summed E-state index contributed by atoms with van der Waals surface area (Å²) in [6.45, 7) is 2.07. The van der Waals surface area contributed by atoms with E-state index in [0.29, 0.717) is 17.8 Å². The summed E-state index contributed by atoms with van der Waals surface area (Å²) >= 11 is 0. The lowest BCUT2D eigenvalue weighted by molar-refractivity contribution is 0.111. The molecule has 0 aliphatic rings. The van der Waals surface area contributed by atoms with Gasteiger partial charge in [-0.05, 0) is 30.2 Å². The zero-order chi connectivity index (χ0) is 13.2. The molecule has 0 spiro atoms. The minimum absolute atomic E-state index is 0.575. The first-order chi connectivity index (χ1) is 9.29. The van der Waals surface area contributed by atoms with Gasteiger partial charge in [0.2, 0.25) is 0 Å². The van der Waals surface area contributed by atoms with Gasteiger partial charge in [-0.15, -0.1) is 10.2 Å². The molecule has 0 amide bonds. The molecular formula is C15H13N3O. The average Bonchev–Trinajstić information content (AvgIpc) is 2.85. The number of aldehydes is 1. The van der Waals surface area contributed by atoms with Crippen molar-refractivity contribution in [2.45, 2.75) is 13.3 Å². The minimum Gasteiger partial charge on any atom is -0.296 e. The summed E-state index contributed by atoms with van der Waals surface area (Å²) in [6, 6.07) is 13.6. The Bertz CT molecular complexity index is 746.